The molecule has 0 bridgehead atoms. The third kappa shape index (κ3) is 7.36. The molecule has 1 saturated heterocycles. The van der Waals surface area contributed by atoms with Crippen LogP contribution in [0.5, 0.6) is 0 Å². The van der Waals surface area contributed by atoms with Gasteiger partial charge in [-0.05, 0) is 0 Å². The van der Waals surface area contributed by atoms with E-state index in [4.69, 9.17) is 23.7 Å². The number of aliphatic hydroxyl groups excluding tert-OH is 1. The van der Waals surface area contributed by atoms with Crippen LogP contribution in [0.1, 0.15) is 27.7 Å². The van der Waals surface area contributed by atoms with Crippen LogP contribution >= 0.6 is 0 Å². The zero-order chi connectivity index (χ0) is 18.4. The Morgan fingerprint density at radius 2 is 1.24 bits per heavy atom. The molecule has 0 aromatic carbocycles. The van der Waals surface area contributed by atoms with Gasteiger partial charge in [-0.25, -0.2) is 0 Å². The lowest BCUT2D eigenvalue weighted by Crippen LogP contribution is -3.00. The molecule has 1 N–H and O–H groups in total. The van der Waals surface area contributed by atoms with Crippen LogP contribution in [0.4, 0.5) is 0 Å². The van der Waals surface area contributed by atoms with Crippen molar-refractivity contribution in [3.05, 3.63) is 0 Å². The van der Waals surface area contributed by atoms with Gasteiger partial charge in [0.15, 0.2) is 24.6 Å². The Labute approximate surface area is 154 Å². The van der Waals surface area contributed by atoms with Crippen LogP contribution in [0.25, 0.3) is 0 Å². The van der Waals surface area contributed by atoms with Crippen molar-refractivity contribution in [2.24, 2.45) is 0 Å². The van der Waals surface area contributed by atoms with Gasteiger partial charge in [-0.2, -0.15) is 0 Å². The van der Waals surface area contributed by atoms with E-state index in [1.54, 1.807) is 0 Å². The van der Waals surface area contributed by atoms with Gasteiger partial charge < -0.3 is 45.8 Å². The number of halogens is 1. The van der Waals surface area contributed by atoms with Crippen LogP contribution in [0.15, 0.2) is 0 Å². The highest BCUT2D eigenvalue weighted by Crippen LogP contribution is 2.28. The normalized spacial score (nSPS) is 28.1. The Bertz CT molecular complexity index is 508. The number of carbonyl (C=O) groups excluding carboxylic acids is 4. The van der Waals surface area contributed by atoms with E-state index in [-0.39, 0.29) is 23.6 Å². The molecule has 1 rings (SSSR count). The molecule has 0 spiro atoms. The first-order chi connectivity index (χ1) is 11.1. The third-order valence-corrected chi connectivity index (χ3v) is 2.97. The first-order valence-corrected chi connectivity index (χ1v) is 7.10. The van der Waals surface area contributed by atoms with Gasteiger partial charge in [-0.3, -0.25) is 19.2 Å². The third-order valence-electron chi connectivity index (χ3n) is 2.97. The number of carbonyl (C=O) groups is 4. The molecule has 144 valence electrons. The quantitative estimate of drug-likeness (QED) is 0.342. The van der Waals surface area contributed by atoms with Crippen LogP contribution in [0.3, 0.4) is 0 Å². The van der Waals surface area contributed by atoms with E-state index in [9.17, 15) is 24.3 Å². The summed E-state index contributed by atoms with van der Waals surface area (Å²) in [5.41, 5.74) is 0. The minimum absolute atomic E-state index is 0. The van der Waals surface area contributed by atoms with Gasteiger partial charge >= 0.3 is 23.9 Å². The molecule has 0 radical (unpaired) electrons. The van der Waals surface area contributed by atoms with E-state index in [1.807, 2.05) is 0 Å². The van der Waals surface area contributed by atoms with Gasteiger partial charge in [0.2, 0.25) is 0 Å². The summed E-state index contributed by atoms with van der Waals surface area (Å²) in [7, 11) is 0. The Hall–Kier alpha value is -1.72. The molecule has 1 fully saturated rings. The minimum atomic E-state index is -1.68. The second-order valence-corrected chi connectivity index (χ2v) is 5.09. The largest absolute Gasteiger partial charge is 1.00 e. The molecule has 0 aliphatic carbocycles. The Kier molecular flexibility index (Phi) is 9.60. The number of aliphatic hydroxyl groups is 1. The maximum Gasteiger partial charge on any atom is 0.303 e. The van der Waals surface area contributed by atoms with E-state index in [0.29, 0.717) is 0 Å². The maximum atomic E-state index is 11.3. The Morgan fingerprint density at radius 1 is 0.800 bits per heavy atom. The summed E-state index contributed by atoms with van der Waals surface area (Å²) in [5, 5.41) is 10.0. The fourth-order valence-electron chi connectivity index (χ4n) is 2.21. The van der Waals surface area contributed by atoms with Gasteiger partial charge in [0.25, 0.3) is 0 Å². The van der Waals surface area contributed by atoms with Crippen molar-refractivity contribution in [2.75, 3.05) is 6.61 Å². The molecular formula is C14H20BrO10-. The molecule has 25 heavy (non-hydrogen) atoms. The maximum absolute atomic E-state index is 11.3. The SMILES string of the molecule is CC(=O)OC[C@H]1O[C@H](O)[C@H](OC(C)=O)[C@@H](OC(C)=O)[C@@H]1OC(C)=O.[Br-]. The Morgan fingerprint density at radius 3 is 1.68 bits per heavy atom. The van der Waals surface area contributed by atoms with E-state index in [1.165, 1.54) is 0 Å². The number of ether oxygens (including phenoxy) is 5. The van der Waals surface area contributed by atoms with E-state index >= 15 is 0 Å². The summed E-state index contributed by atoms with van der Waals surface area (Å²) in [4.78, 5) is 44.9. The first kappa shape index (κ1) is 23.3. The lowest BCUT2D eigenvalue weighted by atomic mass is 9.98. The van der Waals surface area contributed by atoms with Crippen molar-refractivity contribution in [3.63, 3.8) is 0 Å². The van der Waals surface area contributed by atoms with Gasteiger partial charge in [0.1, 0.15) is 12.7 Å². The highest BCUT2D eigenvalue weighted by molar-refractivity contribution is 5.68. The van der Waals surface area contributed by atoms with E-state index in [2.05, 4.69) is 0 Å². The van der Waals surface area contributed by atoms with E-state index < -0.39 is 54.6 Å². The summed E-state index contributed by atoms with van der Waals surface area (Å²) in [5.74, 6) is -2.87. The molecule has 0 unspecified atom stereocenters. The second-order valence-electron chi connectivity index (χ2n) is 5.09. The molecular weight excluding hydrogens is 408 g/mol. The Balaban J connectivity index is 0.00000576. The first-order valence-electron chi connectivity index (χ1n) is 7.10. The summed E-state index contributed by atoms with van der Waals surface area (Å²) in [6, 6.07) is 0. The van der Waals surface area contributed by atoms with Crippen LogP contribution < -0.4 is 17.0 Å². The van der Waals surface area contributed by atoms with Crippen molar-refractivity contribution in [2.45, 2.75) is 58.4 Å². The molecule has 10 nitrogen and oxygen atoms in total. The smallest absolute Gasteiger partial charge is 0.303 e. The average Bonchev–Trinajstić information content (AvgIpc) is 2.42. The van der Waals surface area contributed by atoms with Crippen molar-refractivity contribution in [3.8, 4) is 0 Å². The molecule has 0 saturated carbocycles. The monoisotopic (exact) mass is 427 g/mol. The number of hydrogen-bond donors (Lipinski definition) is 1. The standard InChI is InChI=1S/C14H20O10.BrH/c1-6(15)20-5-10-11(21-7(2)16)12(22-8(3)17)13(14(19)24-10)23-9(4)18;/h10-14,19H,5H2,1-4H3;1H/p-1/t10-,11-,12+,13-,14+;/m1./s1. The molecule has 1 aliphatic rings. The summed E-state index contributed by atoms with van der Waals surface area (Å²) in [6.45, 7) is 4.09. The predicted molar refractivity (Wildman–Crippen MR) is 74.2 cm³/mol. The fourth-order valence-corrected chi connectivity index (χ4v) is 2.21. The zero-order valence-electron chi connectivity index (χ0n) is 14.1. The number of esters is 4. The highest BCUT2D eigenvalue weighted by atomic mass is 79.9. The molecule has 0 aromatic heterocycles. The van der Waals surface area contributed by atoms with Crippen molar-refractivity contribution < 1.29 is 65.0 Å². The molecule has 0 amide bonds. The lowest BCUT2D eigenvalue weighted by molar-refractivity contribution is -0.296. The van der Waals surface area contributed by atoms with Crippen molar-refractivity contribution >= 4 is 23.9 Å². The van der Waals surface area contributed by atoms with Crippen LogP contribution in [-0.4, -0.2) is 66.3 Å². The minimum Gasteiger partial charge on any atom is -1.00 e. The summed E-state index contributed by atoms with van der Waals surface area (Å²) < 4.78 is 25.0. The van der Waals surface area contributed by atoms with Crippen molar-refractivity contribution in [1.82, 2.24) is 0 Å². The van der Waals surface area contributed by atoms with E-state index in [0.717, 1.165) is 27.7 Å². The topological polar surface area (TPSA) is 135 Å². The van der Waals surface area contributed by atoms with Crippen molar-refractivity contribution in [1.29, 1.82) is 0 Å². The van der Waals surface area contributed by atoms with Gasteiger partial charge in [-0.1, -0.05) is 0 Å². The molecule has 11 heteroatoms. The van der Waals surface area contributed by atoms with Gasteiger partial charge in [0, 0.05) is 27.7 Å². The molecule has 1 heterocycles. The molecule has 1 aliphatic heterocycles. The second kappa shape index (κ2) is 10.3. The number of rotatable bonds is 5. The molecule has 5 atom stereocenters. The predicted octanol–water partition coefficient (Wildman–Crippen LogP) is -3.93. The van der Waals surface area contributed by atoms with Gasteiger partial charge in [-0.15, -0.1) is 0 Å². The van der Waals surface area contributed by atoms with Crippen LogP contribution in [0, 0.1) is 0 Å². The van der Waals surface area contributed by atoms with Gasteiger partial charge in [0.05, 0.1) is 0 Å². The average molecular weight is 428 g/mol. The summed E-state index contributed by atoms with van der Waals surface area (Å²) in [6.07, 6.45) is -6.79. The number of hydrogen-bond acceptors (Lipinski definition) is 10. The van der Waals surface area contributed by atoms with Crippen LogP contribution in [-0.2, 0) is 42.9 Å². The fraction of sp³-hybridized carbons (Fsp3) is 0.714. The highest BCUT2D eigenvalue weighted by Gasteiger charge is 2.51. The molecule has 0 aromatic rings. The summed E-state index contributed by atoms with van der Waals surface area (Å²) >= 11 is 0. The van der Waals surface area contributed by atoms with Crippen LogP contribution in [0.2, 0.25) is 0 Å². The lowest BCUT2D eigenvalue weighted by Gasteiger charge is -2.42. The zero-order valence-corrected chi connectivity index (χ0v) is 15.7.